The van der Waals surface area contributed by atoms with Crippen molar-refractivity contribution in [3.05, 3.63) is 53.0 Å². The van der Waals surface area contributed by atoms with Crippen LogP contribution in [0.2, 0.25) is 0 Å². The first-order valence-corrected chi connectivity index (χ1v) is 6.31. The van der Waals surface area contributed by atoms with Gasteiger partial charge in [0.05, 0.1) is 11.2 Å². The molecule has 9 nitrogen and oxygen atoms in total. The van der Waals surface area contributed by atoms with Crippen molar-refractivity contribution in [3.8, 4) is 0 Å². The van der Waals surface area contributed by atoms with Crippen molar-refractivity contribution in [1.82, 2.24) is 19.7 Å². The van der Waals surface area contributed by atoms with Crippen LogP contribution in [-0.2, 0) is 11.3 Å². The van der Waals surface area contributed by atoms with E-state index in [1.165, 1.54) is 0 Å². The van der Waals surface area contributed by atoms with Crippen LogP contribution < -0.4 is 5.32 Å². The van der Waals surface area contributed by atoms with E-state index in [9.17, 15) is 14.9 Å². The van der Waals surface area contributed by atoms with Crippen molar-refractivity contribution in [2.24, 2.45) is 0 Å². The lowest BCUT2D eigenvalue weighted by Crippen LogP contribution is -2.19. The molecule has 0 aliphatic heterocycles. The Kier molecular flexibility index (Phi) is 3.44. The van der Waals surface area contributed by atoms with Crippen LogP contribution in [0, 0.1) is 10.1 Å². The number of hydrogen-bond donors (Lipinski definition) is 1. The van der Waals surface area contributed by atoms with E-state index in [1.54, 1.807) is 24.4 Å². The fourth-order valence-electron chi connectivity index (χ4n) is 1.99. The molecule has 0 radical (unpaired) electrons. The third-order valence-electron chi connectivity index (χ3n) is 2.91. The zero-order chi connectivity index (χ0) is 15.5. The second-order valence-electron chi connectivity index (χ2n) is 4.42. The second kappa shape index (κ2) is 5.56. The minimum atomic E-state index is -0.717. The van der Waals surface area contributed by atoms with Gasteiger partial charge >= 0.3 is 5.95 Å². The molecule has 9 heteroatoms. The quantitative estimate of drug-likeness (QED) is 0.574. The van der Waals surface area contributed by atoms with E-state index >= 15 is 0 Å². The Balaban J connectivity index is 1.77. The predicted molar refractivity (Wildman–Crippen MR) is 77.0 cm³/mol. The zero-order valence-corrected chi connectivity index (χ0v) is 11.2. The summed E-state index contributed by atoms with van der Waals surface area (Å²) < 4.78 is 1.11. The van der Waals surface area contributed by atoms with Gasteiger partial charge in [-0.05, 0) is 29.2 Å². The first-order chi connectivity index (χ1) is 10.6. The minimum Gasteiger partial charge on any atom is -0.390 e. The maximum atomic E-state index is 12.0. The average Bonchev–Trinajstić information content (AvgIpc) is 2.96. The SMILES string of the molecule is O=C(Cn1cnc([N+](=O)[O-])n1)Nc1cccc2ncccc12. The van der Waals surface area contributed by atoms with Crippen LogP contribution in [-0.4, -0.2) is 30.6 Å². The van der Waals surface area contributed by atoms with Crippen LogP contribution in [0.4, 0.5) is 11.6 Å². The number of amides is 1. The van der Waals surface area contributed by atoms with Crippen LogP contribution in [0.25, 0.3) is 10.9 Å². The van der Waals surface area contributed by atoms with Gasteiger partial charge in [-0.3, -0.25) is 9.78 Å². The highest BCUT2D eigenvalue weighted by Gasteiger charge is 2.15. The van der Waals surface area contributed by atoms with Gasteiger partial charge in [-0.15, -0.1) is 0 Å². The fraction of sp³-hybridized carbons (Fsp3) is 0.0769. The first kappa shape index (κ1) is 13.6. The topological polar surface area (TPSA) is 116 Å². The zero-order valence-electron chi connectivity index (χ0n) is 11.2. The number of rotatable bonds is 4. The summed E-state index contributed by atoms with van der Waals surface area (Å²) in [4.78, 5) is 29.5. The molecule has 0 aliphatic rings. The van der Waals surface area contributed by atoms with Crippen LogP contribution >= 0.6 is 0 Å². The number of anilines is 1. The van der Waals surface area contributed by atoms with Crippen LogP contribution in [0.1, 0.15) is 0 Å². The van der Waals surface area contributed by atoms with E-state index in [0.29, 0.717) is 5.69 Å². The van der Waals surface area contributed by atoms with Crippen molar-refractivity contribution < 1.29 is 9.72 Å². The lowest BCUT2D eigenvalue weighted by atomic mass is 10.2. The van der Waals surface area contributed by atoms with Crippen LogP contribution in [0.15, 0.2) is 42.9 Å². The molecule has 0 fully saturated rings. The molecular formula is C13H10N6O3. The van der Waals surface area contributed by atoms with E-state index in [1.807, 2.05) is 12.1 Å². The standard InChI is InChI=1S/C13H10N6O3/c20-12(7-18-8-15-13(17-18)19(21)22)16-11-5-1-4-10-9(11)3-2-6-14-10/h1-6,8H,7H2,(H,16,20). The number of carbonyl (C=O) groups is 1. The van der Waals surface area contributed by atoms with Gasteiger partial charge in [-0.1, -0.05) is 11.1 Å². The molecule has 110 valence electrons. The van der Waals surface area contributed by atoms with Crippen molar-refractivity contribution in [1.29, 1.82) is 0 Å². The van der Waals surface area contributed by atoms with Gasteiger partial charge in [0.25, 0.3) is 0 Å². The van der Waals surface area contributed by atoms with E-state index in [0.717, 1.165) is 21.9 Å². The monoisotopic (exact) mass is 298 g/mol. The van der Waals surface area contributed by atoms with Gasteiger partial charge in [0.15, 0.2) is 0 Å². The first-order valence-electron chi connectivity index (χ1n) is 6.31. The summed E-state index contributed by atoms with van der Waals surface area (Å²) in [5, 5.41) is 17.6. The largest absolute Gasteiger partial charge is 0.490 e. The van der Waals surface area contributed by atoms with Gasteiger partial charge in [-0.2, -0.15) is 4.68 Å². The van der Waals surface area contributed by atoms with Crippen molar-refractivity contribution in [2.45, 2.75) is 6.54 Å². The summed E-state index contributed by atoms with van der Waals surface area (Å²) in [5.41, 5.74) is 1.38. The number of aromatic nitrogens is 4. The highest BCUT2D eigenvalue weighted by atomic mass is 16.6. The number of fused-ring (bicyclic) bond motifs is 1. The van der Waals surface area contributed by atoms with Crippen molar-refractivity contribution in [2.75, 3.05) is 5.32 Å². The molecule has 1 aromatic carbocycles. The van der Waals surface area contributed by atoms with E-state index in [2.05, 4.69) is 20.4 Å². The molecule has 1 amide bonds. The summed E-state index contributed by atoms with van der Waals surface area (Å²) in [5.74, 6) is -0.904. The highest BCUT2D eigenvalue weighted by Crippen LogP contribution is 2.21. The Morgan fingerprint density at radius 3 is 2.91 bits per heavy atom. The maximum Gasteiger partial charge on any atom is 0.490 e. The summed E-state index contributed by atoms with van der Waals surface area (Å²) in [6.07, 6.45) is 2.81. The van der Waals surface area contributed by atoms with E-state index < -0.39 is 10.9 Å². The molecule has 0 bridgehead atoms. The molecule has 2 aromatic heterocycles. The summed E-state index contributed by atoms with van der Waals surface area (Å²) >= 11 is 0. The summed E-state index contributed by atoms with van der Waals surface area (Å²) in [6.45, 7) is -0.169. The number of nitrogens with one attached hydrogen (secondary N) is 1. The number of pyridine rings is 1. The molecule has 0 aliphatic carbocycles. The lowest BCUT2D eigenvalue weighted by Gasteiger charge is -2.07. The fourth-order valence-corrected chi connectivity index (χ4v) is 1.99. The molecule has 3 aromatic rings. The van der Waals surface area contributed by atoms with Gasteiger partial charge < -0.3 is 15.4 Å². The molecule has 2 heterocycles. The second-order valence-corrected chi connectivity index (χ2v) is 4.42. The molecule has 1 N–H and O–H groups in total. The van der Waals surface area contributed by atoms with Crippen LogP contribution in [0.5, 0.6) is 0 Å². The van der Waals surface area contributed by atoms with Crippen molar-refractivity contribution >= 4 is 28.4 Å². The third kappa shape index (κ3) is 2.73. The number of nitro groups is 1. The molecule has 0 atom stereocenters. The molecule has 0 spiro atoms. The average molecular weight is 298 g/mol. The van der Waals surface area contributed by atoms with Crippen LogP contribution in [0.3, 0.4) is 0 Å². The Bertz CT molecular complexity index is 854. The van der Waals surface area contributed by atoms with Crippen molar-refractivity contribution in [3.63, 3.8) is 0 Å². The number of hydrogen-bond acceptors (Lipinski definition) is 6. The number of nitrogens with zero attached hydrogens (tertiary/aromatic N) is 5. The molecule has 3 rings (SSSR count). The summed E-state index contributed by atoms with van der Waals surface area (Å²) in [7, 11) is 0. The normalized spacial score (nSPS) is 10.5. The van der Waals surface area contributed by atoms with Gasteiger partial charge in [-0.25, -0.2) is 0 Å². The third-order valence-corrected chi connectivity index (χ3v) is 2.91. The van der Waals surface area contributed by atoms with E-state index in [-0.39, 0.29) is 12.5 Å². The number of carbonyl (C=O) groups excluding carboxylic acids is 1. The Hall–Kier alpha value is -3.36. The van der Waals surface area contributed by atoms with Gasteiger partial charge in [0.1, 0.15) is 6.54 Å². The molecular weight excluding hydrogens is 288 g/mol. The highest BCUT2D eigenvalue weighted by molar-refractivity contribution is 6.00. The Morgan fingerprint density at radius 1 is 1.27 bits per heavy atom. The smallest absolute Gasteiger partial charge is 0.390 e. The maximum absolute atomic E-state index is 12.0. The molecule has 0 saturated carbocycles. The lowest BCUT2D eigenvalue weighted by molar-refractivity contribution is -0.394. The Labute approximate surface area is 123 Å². The van der Waals surface area contributed by atoms with Gasteiger partial charge in [0, 0.05) is 16.7 Å². The molecule has 0 unspecified atom stereocenters. The number of benzene rings is 1. The van der Waals surface area contributed by atoms with Gasteiger partial charge in [0.2, 0.25) is 12.2 Å². The predicted octanol–water partition coefficient (Wildman–Crippen LogP) is 1.37. The minimum absolute atomic E-state index is 0.169. The molecule has 22 heavy (non-hydrogen) atoms. The summed E-state index contributed by atoms with van der Waals surface area (Å²) in [6, 6.07) is 9.00. The Morgan fingerprint density at radius 2 is 2.14 bits per heavy atom. The molecule has 0 saturated heterocycles. The van der Waals surface area contributed by atoms with E-state index in [4.69, 9.17) is 0 Å².